The Hall–Kier alpha value is -2.33. The van der Waals surface area contributed by atoms with Crippen molar-refractivity contribution in [1.82, 2.24) is 0 Å². The maximum Gasteiger partial charge on any atom is 0.241 e. The van der Waals surface area contributed by atoms with E-state index in [9.17, 15) is 4.79 Å². The van der Waals surface area contributed by atoms with Gasteiger partial charge in [-0.1, -0.05) is 30.3 Å². The van der Waals surface area contributed by atoms with Gasteiger partial charge in [0.1, 0.15) is 5.75 Å². The minimum Gasteiger partial charge on any atom is -0.497 e. The molecule has 0 aliphatic heterocycles. The first-order valence-electron chi connectivity index (χ1n) is 6.43. The normalized spacial score (nSPS) is 11.7. The lowest BCUT2D eigenvalue weighted by atomic mass is 10.1. The van der Waals surface area contributed by atoms with Crippen LogP contribution in [0.15, 0.2) is 54.6 Å². The summed E-state index contributed by atoms with van der Waals surface area (Å²) in [7, 11) is 1.60. The van der Waals surface area contributed by atoms with Crippen LogP contribution in [0.5, 0.6) is 5.75 Å². The largest absolute Gasteiger partial charge is 0.497 e. The molecule has 3 N–H and O–H groups in total. The van der Waals surface area contributed by atoms with Crippen LogP contribution in [0.25, 0.3) is 0 Å². The highest BCUT2D eigenvalue weighted by Crippen LogP contribution is 2.15. The second-order valence-corrected chi connectivity index (χ2v) is 4.51. The van der Waals surface area contributed by atoms with E-state index in [-0.39, 0.29) is 5.91 Å². The van der Waals surface area contributed by atoms with Gasteiger partial charge in [-0.05, 0) is 36.2 Å². The summed E-state index contributed by atoms with van der Waals surface area (Å²) in [6.45, 7) is 0. The number of rotatable bonds is 5. The second kappa shape index (κ2) is 6.73. The van der Waals surface area contributed by atoms with Crippen molar-refractivity contribution < 1.29 is 9.53 Å². The standard InChI is InChI=1S/C16H18N2O2/c1-20-14-9-7-13(8-10-14)18-16(19)15(17)11-12-5-3-2-4-6-12/h2-10,15H,11,17H2,1H3,(H,18,19)/t15-/m0/s1. The Morgan fingerprint density at radius 1 is 1.15 bits per heavy atom. The number of carbonyl (C=O) groups is 1. The molecule has 0 spiro atoms. The molecule has 4 heteroatoms. The molecule has 20 heavy (non-hydrogen) atoms. The first-order valence-corrected chi connectivity index (χ1v) is 6.43. The zero-order chi connectivity index (χ0) is 14.4. The fourth-order valence-corrected chi connectivity index (χ4v) is 1.87. The van der Waals surface area contributed by atoms with Crippen molar-refractivity contribution in [1.29, 1.82) is 0 Å². The minimum atomic E-state index is -0.570. The molecular weight excluding hydrogens is 252 g/mol. The number of nitrogens with two attached hydrogens (primary N) is 1. The lowest BCUT2D eigenvalue weighted by Gasteiger charge is -2.12. The van der Waals surface area contributed by atoms with Gasteiger partial charge in [-0.3, -0.25) is 4.79 Å². The highest BCUT2D eigenvalue weighted by molar-refractivity contribution is 5.94. The lowest BCUT2D eigenvalue weighted by Crippen LogP contribution is -2.37. The van der Waals surface area contributed by atoms with E-state index in [1.165, 1.54) is 0 Å². The van der Waals surface area contributed by atoms with E-state index in [0.717, 1.165) is 11.3 Å². The molecule has 104 valence electrons. The van der Waals surface area contributed by atoms with Gasteiger partial charge < -0.3 is 15.8 Å². The van der Waals surface area contributed by atoms with Crippen LogP contribution in [0.3, 0.4) is 0 Å². The minimum absolute atomic E-state index is 0.195. The van der Waals surface area contributed by atoms with Crippen molar-refractivity contribution in [2.24, 2.45) is 5.73 Å². The van der Waals surface area contributed by atoms with Crippen LogP contribution in [0.1, 0.15) is 5.56 Å². The Morgan fingerprint density at radius 2 is 1.80 bits per heavy atom. The molecule has 2 rings (SSSR count). The Morgan fingerprint density at radius 3 is 2.40 bits per heavy atom. The van der Waals surface area contributed by atoms with Crippen LogP contribution in [-0.2, 0) is 11.2 Å². The van der Waals surface area contributed by atoms with Crippen molar-refractivity contribution in [2.45, 2.75) is 12.5 Å². The SMILES string of the molecule is COc1ccc(NC(=O)[C@@H](N)Cc2ccccc2)cc1. The number of hydrogen-bond donors (Lipinski definition) is 2. The molecule has 0 bridgehead atoms. The number of ether oxygens (including phenoxy) is 1. The quantitative estimate of drug-likeness (QED) is 0.875. The molecule has 2 aromatic rings. The van der Waals surface area contributed by atoms with Crippen molar-refractivity contribution in [3.05, 3.63) is 60.2 Å². The third kappa shape index (κ3) is 3.83. The summed E-state index contributed by atoms with van der Waals surface area (Å²) in [5.74, 6) is 0.551. The number of nitrogens with one attached hydrogen (secondary N) is 1. The molecule has 4 nitrogen and oxygen atoms in total. The van der Waals surface area contributed by atoms with Gasteiger partial charge in [0.2, 0.25) is 5.91 Å². The van der Waals surface area contributed by atoms with Gasteiger partial charge in [-0.15, -0.1) is 0 Å². The van der Waals surface area contributed by atoms with Gasteiger partial charge in [0.05, 0.1) is 13.2 Å². The summed E-state index contributed by atoms with van der Waals surface area (Å²) in [5, 5.41) is 2.79. The van der Waals surface area contributed by atoms with Crippen LogP contribution in [-0.4, -0.2) is 19.1 Å². The summed E-state index contributed by atoms with van der Waals surface area (Å²) >= 11 is 0. The molecule has 0 heterocycles. The van der Waals surface area contributed by atoms with Crippen LogP contribution < -0.4 is 15.8 Å². The van der Waals surface area contributed by atoms with E-state index in [1.807, 2.05) is 30.3 Å². The summed E-state index contributed by atoms with van der Waals surface area (Å²) in [4.78, 5) is 12.0. The average molecular weight is 270 g/mol. The Bertz CT molecular complexity index is 552. The lowest BCUT2D eigenvalue weighted by molar-refractivity contribution is -0.117. The number of carbonyl (C=O) groups excluding carboxylic acids is 1. The molecule has 0 radical (unpaired) electrons. The first-order chi connectivity index (χ1) is 9.69. The zero-order valence-corrected chi connectivity index (χ0v) is 11.4. The highest BCUT2D eigenvalue weighted by atomic mass is 16.5. The maximum absolute atomic E-state index is 12.0. The topological polar surface area (TPSA) is 64.3 Å². The Labute approximate surface area is 118 Å². The Balaban J connectivity index is 1.93. The molecule has 0 aromatic heterocycles. The molecule has 0 saturated heterocycles. The van der Waals surface area contributed by atoms with Crippen LogP contribution in [0, 0.1) is 0 Å². The van der Waals surface area contributed by atoms with Gasteiger partial charge >= 0.3 is 0 Å². The molecule has 1 atom stereocenters. The third-order valence-electron chi connectivity index (χ3n) is 2.99. The van der Waals surface area contributed by atoms with Gasteiger partial charge in [0.25, 0.3) is 0 Å². The van der Waals surface area contributed by atoms with Crippen molar-refractivity contribution in [3.63, 3.8) is 0 Å². The molecule has 0 fully saturated rings. The van der Waals surface area contributed by atoms with Crippen LogP contribution >= 0.6 is 0 Å². The third-order valence-corrected chi connectivity index (χ3v) is 2.99. The van der Waals surface area contributed by atoms with Crippen molar-refractivity contribution in [2.75, 3.05) is 12.4 Å². The smallest absolute Gasteiger partial charge is 0.241 e. The molecule has 0 aliphatic rings. The van der Waals surface area contributed by atoms with Crippen LogP contribution in [0.4, 0.5) is 5.69 Å². The van der Waals surface area contributed by atoms with Gasteiger partial charge in [-0.25, -0.2) is 0 Å². The van der Waals surface area contributed by atoms with Crippen molar-refractivity contribution >= 4 is 11.6 Å². The number of benzene rings is 2. The monoisotopic (exact) mass is 270 g/mol. The highest BCUT2D eigenvalue weighted by Gasteiger charge is 2.14. The summed E-state index contributed by atoms with van der Waals surface area (Å²) in [5.41, 5.74) is 7.67. The van der Waals surface area contributed by atoms with E-state index in [4.69, 9.17) is 10.5 Å². The second-order valence-electron chi connectivity index (χ2n) is 4.51. The van der Waals surface area contributed by atoms with Gasteiger partial charge in [0, 0.05) is 5.69 Å². The van der Waals surface area contributed by atoms with E-state index in [2.05, 4.69) is 5.32 Å². The van der Waals surface area contributed by atoms with Crippen LogP contribution in [0.2, 0.25) is 0 Å². The summed E-state index contributed by atoms with van der Waals surface area (Å²) < 4.78 is 5.06. The van der Waals surface area contributed by atoms with E-state index in [1.54, 1.807) is 31.4 Å². The van der Waals surface area contributed by atoms with Crippen molar-refractivity contribution in [3.8, 4) is 5.75 Å². The molecule has 0 aliphatic carbocycles. The predicted octanol–water partition coefficient (Wildman–Crippen LogP) is 2.20. The van der Waals surface area contributed by atoms with Gasteiger partial charge in [0.15, 0.2) is 0 Å². The molecule has 0 unspecified atom stereocenters. The number of hydrogen-bond acceptors (Lipinski definition) is 3. The number of amides is 1. The molecule has 1 amide bonds. The zero-order valence-electron chi connectivity index (χ0n) is 11.4. The number of anilines is 1. The molecular formula is C16H18N2O2. The predicted molar refractivity (Wildman–Crippen MR) is 79.7 cm³/mol. The summed E-state index contributed by atoms with van der Waals surface area (Å²) in [6, 6.07) is 16.3. The Kier molecular flexibility index (Phi) is 4.74. The fourth-order valence-electron chi connectivity index (χ4n) is 1.87. The fraction of sp³-hybridized carbons (Fsp3) is 0.188. The van der Waals surface area contributed by atoms with E-state index >= 15 is 0 Å². The average Bonchev–Trinajstić information content (AvgIpc) is 2.49. The molecule has 2 aromatic carbocycles. The number of methoxy groups -OCH3 is 1. The van der Waals surface area contributed by atoms with E-state index in [0.29, 0.717) is 12.1 Å². The first kappa shape index (κ1) is 14.1. The maximum atomic E-state index is 12.0. The van der Waals surface area contributed by atoms with Gasteiger partial charge in [-0.2, -0.15) is 0 Å². The van der Waals surface area contributed by atoms with E-state index < -0.39 is 6.04 Å². The summed E-state index contributed by atoms with van der Waals surface area (Å²) in [6.07, 6.45) is 0.517. The molecule has 0 saturated carbocycles.